The first-order chi connectivity index (χ1) is 16.6. The summed E-state index contributed by atoms with van der Waals surface area (Å²) in [4.78, 5) is 20.3. The number of thiophene rings is 1. The second kappa shape index (κ2) is 10.2. The summed E-state index contributed by atoms with van der Waals surface area (Å²) in [5.41, 5.74) is 5.94. The first-order valence-corrected chi connectivity index (χ1v) is 13.2. The van der Waals surface area contributed by atoms with E-state index in [1.165, 1.54) is 48.1 Å². The Balaban J connectivity index is 1.32. The molecule has 3 heterocycles. The van der Waals surface area contributed by atoms with Crippen LogP contribution in [0.1, 0.15) is 71.3 Å². The summed E-state index contributed by atoms with van der Waals surface area (Å²) in [5.74, 6) is 0.667. The highest BCUT2D eigenvalue weighted by Crippen LogP contribution is 2.39. The molecule has 0 unspecified atom stereocenters. The van der Waals surface area contributed by atoms with E-state index in [-0.39, 0.29) is 0 Å². The third kappa shape index (κ3) is 5.01. The van der Waals surface area contributed by atoms with Crippen molar-refractivity contribution in [2.45, 2.75) is 51.5 Å². The number of aromatic nitrogens is 1. The van der Waals surface area contributed by atoms with Crippen LogP contribution in [0.15, 0.2) is 60.9 Å². The van der Waals surface area contributed by atoms with Gasteiger partial charge in [0.1, 0.15) is 4.88 Å². The number of carboxylic acid groups (broad SMARTS) is 1. The van der Waals surface area contributed by atoms with Crippen LogP contribution in [0.3, 0.4) is 0 Å². The van der Waals surface area contributed by atoms with Crippen LogP contribution < -0.4 is 0 Å². The van der Waals surface area contributed by atoms with Gasteiger partial charge in [0, 0.05) is 42.5 Å². The van der Waals surface area contributed by atoms with Crippen molar-refractivity contribution < 1.29 is 9.90 Å². The van der Waals surface area contributed by atoms with Gasteiger partial charge in [0.2, 0.25) is 0 Å². The molecule has 1 aliphatic carbocycles. The van der Waals surface area contributed by atoms with Gasteiger partial charge in [0.25, 0.3) is 0 Å². The topological polar surface area (TPSA) is 53.4 Å². The van der Waals surface area contributed by atoms with Crippen LogP contribution >= 0.6 is 11.3 Å². The number of carbonyl (C=O) groups is 1. The zero-order chi connectivity index (χ0) is 23.5. The van der Waals surface area contributed by atoms with E-state index in [4.69, 9.17) is 0 Å². The number of hydrogen-bond acceptors (Lipinski definition) is 4. The molecule has 1 aromatic carbocycles. The lowest BCUT2D eigenvalue weighted by Crippen LogP contribution is -2.29. The van der Waals surface area contributed by atoms with Crippen LogP contribution in [0.25, 0.3) is 16.0 Å². The molecule has 0 atom stereocenters. The summed E-state index contributed by atoms with van der Waals surface area (Å²) >= 11 is 1.37. The van der Waals surface area contributed by atoms with Crippen LogP contribution in [0.5, 0.6) is 0 Å². The molecule has 176 valence electrons. The van der Waals surface area contributed by atoms with Gasteiger partial charge >= 0.3 is 5.97 Å². The SMILES string of the molecule is CC1CCC(c2ccncc2CN2CC=C(c3cc(-c4ccccc4)sc3C(=O)O)CC2)CC1. The van der Waals surface area contributed by atoms with Crippen LogP contribution in [-0.4, -0.2) is 34.0 Å². The minimum absolute atomic E-state index is 0.444. The monoisotopic (exact) mass is 472 g/mol. The van der Waals surface area contributed by atoms with Crippen LogP contribution in [0, 0.1) is 5.92 Å². The predicted molar refractivity (Wildman–Crippen MR) is 139 cm³/mol. The molecule has 2 aromatic heterocycles. The number of carboxylic acids is 1. The Kier molecular flexibility index (Phi) is 6.93. The van der Waals surface area contributed by atoms with Crippen molar-refractivity contribution >= 4 is 22.9 Å². The highest BCUT2D eigenvalue weighted by atomic mass is 32.1. The zero-order valence-corrected chi connectivity index (χ0v) is 20.6. The molecule has 0 amide bonds. The van der Waals surface area contributed by atoms with Crippen molar-refractivity contribution in [2.75, 3.05) is 13.1 Å². The lowest BCUT2D eigenvalue weighted by atomic mass is 9.78. The molecule has 1 N–H and O–H groups in total. The predicted octanol–water partition coefficient (Wildman–Crippen LogP) is 7.09. The van der Waals surface area contributed by atoms with E-state index in [1.54, 1.807) is 0 Å². The fourth-order valence-corrected chi connectivity index (χ4v) is 6.45. The second-order valence-corrected chi connectivity index (χ2v) is 10.8. The number of hydrogen-bond donors (Lipinski definition) is 1. The molecule has 1 saturated carbocycles. The van der Waals surface area contributed by atoms with Gasteiger partial charge in [-0.2, -0.15) is 0 Å². The summed E-state index contributed by atoms with van der Waals surface area (Å²) in [6.07, 6.45) is 12.3. The van der Waals surface area contributed by atoms with Gasteiger partial charge in [-0.25, -0.2) is 4.79 Å². The first-order valence-electron chi connectivity index (χ1n) is 12.4. The highest BCUT2D eigenvalue weighted by molar-refractivity contribution is 7.17. The smallest absolute Gasteiger partial charge is 0.346 e. The van der Waals surface area contributed by atoms with Gasteiger partial charge < -0.3 is 5.11 Å². The second-order valence-electron chi connectivity index (χ2n) is 9.77. The molecular formula is C29H32N2O2S. The first kappa shape index (κ1) is 23.0. The third-order valence-electron chi connectivity index (χ3n) is 7.41. The maximum absolute atomic E-state index is 12.0. The van der Waals surface area contributed by atoms with Crippen molar-refractivity contribution in [1.82, 2.24) is 9.88 Å². The summed E-state index contributed by atoms with van der Waals surface area (Å²) in [5, 5.41) is 9.84. The molecule has 0 saturated heterocycles. The minimum atomic E-state index is -0.840. The molecular weight excluding hydrogens is 440 g/mol. The normalized spacial score (nSPS) is 21.3. The van der Waals surface area contributed by atoms with Gasteiger partial charge in [-0.05, 0) is 65.5 Å². The van der Waals surface area contributed by atoms with Crippen LogP contribution in [0.2, 0.25) is 0 Å². The minimum Gasteiger partial charge on any atom is -0.477 e. The van der Waals surface area contributed by atoms with Crippen molar-refractivity contribution in [1.29, 1.82) is 0 Å². The Bertz CT molecular complexity index is 1180. The molecule has 5 heteroatoms. The van der Waals surface area contributed by atoms with Crippen molar-refractivity contribution in [3.8, 4) is 10.4 Å². The standard InChI is InChI=1S/C29H32N2O2S/c1-20-7-9-21(10-8-20)25-11-14-30-18-24(25)19-31-15-12-22(13-16-31)26-17-27(34-28(26)29(32)33)23-5-3-2-4-6-23/h2-6,11-12,14,17-18,20-21H,7-10,13,15-16,19H2,1H3,(H,32,33). The molecule has 1 fully saturated rings. The fraction of sp³-hybridized carbons (Fsp3) is 0.379. The van der Waals surface area contributed by atoms with Gasteiger partial charge in [-0.15, -0.1) is 11.3 Å². The van der Waals surface area contributed by atoms with Gasteiger partial charge in [-0.3, -0.25) is 9.88 Å². The number of benzene rings is 1. The lowest BCUT2D eigenvalue weighted by Gasteiger charge is -2.30. The van der Waals surface area contributed by atoms with E-state index in [0.29, 0.717) is 10.8 Å². The van der Waals surface area contributed by atoms with E-state index in [1.807, 2.05) is 36.5 Å². The Labute approximate surface area is 206 Å². The summed E-state index contributed by atoms with van der Waals surface area (Å²) in [6.45, 7) is 5.04. The highest BCUT2D eigenvalue weighted by Gasteiger charge is 2.24. The maximum Gasteiger partial charge on any atom is 0.346 e. The molecule has 2 aliphatic rings. The Morgan fingerprint density at radius 2 is 1.94 bits per heavy atom. The fourth-order valence-electron chi connectivity index (χ4n) is 5.41. The molecule has 0 spiro atoms. The van der Waals surface area contributed by atoms with Crippen LogP contribution in [-0.2, 0) is 6.54 Å². The molecule has 3 aromatic rings. The lowest BCUT2D eigenvalue weighted by molar-refractivity contribution is 0.0702. The molecule has 1 aliphatic heterocycles. The summed E-state index contributed by atoms with van der Waals surface area (Å²) in [7, 11) is 0. The average Bonchev–Trinajstić information content (AvgIpc) is 3.32. The van der Waals surface area contributed by atoms with Crippen LogP contribution in [0.4, 0.5) is 0 Å². The Hall–Kier alpha value is -2.76. The van der Waals surface area contributed by atoms with E-state index < -0.39 is 5.97 Å². The number of nitrogens with zero attached hydrogens (tertiary/aromatic N) is 2. The molecule has 0 radical (unpaired) electrons. The van der Waals surface area contributed by atoms with E-state index in [9.17, 15) is 9.90 Å². The molecule has 4 nitrogen and oxygen atoms in total. The zero-order valence-electron chi connectivity index (χ0n) is 19.7. The summed E-state index contributed by atoms with van der Waals surface area (Å²) in [6, 6.07) is 14.3. The Morgan fingerprint density at radius 1 is 1.15 bits per heavy atom. The number of rotatable bonds is 6. The number of pyridine rings is 1. The quantitative estimate of drug-likeness (QED) is 0.416. The van der Waals surface area contributed by atoms with Crippen molar-refractivity contribution in [3.05, 3.63) is 82.5 Å². The van der Waals surface area contributed by atoms with E-state index in [2.05, 4.69) is 41.2 Å². The van der Waals surface area contributed by atoms with Crippen molar-refractivity contribution in [2.24, 2.45) is 5.92 Å². The largest absolute Gasteiger partial charge is 0.477 e. The maximum atomic E-state index is 12.0. The number of aromatic carboxylic acids is 1. The summed E-state index contributed by atoms with van der Waals surface area (Å²) < 4.78 is 0. The Morgan fingerprint density at radius 3 is 2.65 bits per heavy atom. The average molecular weight is 473 g/mol. The van der Waals surface area contributed by atoms with Gasteiger partial charge in [-0.1, -0.05) is 56.2 Å². The molecule has 34 heavy (non-hydrogen) atoms. The van der Waals surface area contributed by atoms with Crippen molar-refractivity contribution in [3.63, 3.8) is 0 Å². The third-order valence-corrected chi connectivity index (χ3v) is 8.59. The van der Waals surface area contributed by atoms with Gasteiger partial charge in [0.05, 0.1) is 0 Å². The van der Waals surface area contributed by atoms with E-state index >= 15 is 0 Å². The van der Waals surface area contributed by atoms with Gasteiger partial charge in [0.15, 0.2) is 0 Å². The van der Waals surface area contributed by atoms with E-state index in [0.717, 1.165) is 53.6 Å². The molecule has 5 rings (SSSR count). The molecule has 0 bridgehead atoms.